The molecule has 1 aliphatic carbocycles. The van der Waals surface area contributed by atoms with E-state index in [0.29, 0.717) is 10.9 Å². The number of hydrogen-bond acceptors (Lipinski definition) is 7. The molecule has 0 saturated carbocycles. The maximum atomic E-state index is 13.8. The summed E-state index contributed by atoms with van der Waals surface area (Å²) >= 11 is 3.19. The van der Waals surface area contributed by atoms with E-state index in [1.165, 1.54) is 27.8 Å². The van der Waals surface area contributed by atoms with Crippen molar-refractivity contribution in [3.8, 4) is 5.69 Å². The Hall–Kier alpha value is -2.52. The average Bonchev–Trinajstić information content (AvgIpc) is 3.44. The first-order chi connectivity index (χ1) is 15.1. The molecule has 3 heterocycles. The Labute approximate surface area is 188 Å². The van der Waals surface area contributed by atoms with Crippen LogP contribution in [0.4, 0.5) is 0 Å². The number of fused-ring (bicyclic) bond motifs is 3. The third kappa shape index (κ3) is 3.59. The van der Waals surface area contributed by atoms with Crippen molar-refractivity contribution in [1.29, 1.82) is 0 Å². The molecule has 0 unspecified atom stereocenters. The summed E-state index contributed by atoms with van der Waals surface area (Å²) in [7, 11) is 0. The number of aryl methyl sites for hydroxylation is 5. The number of tetrazole rings is 1. The average molecular weight is 453 g/mol. The van der Waals surface area contributed by atoms with Crippen LogP contribution in [-0.4, -0.2) is 29.8 Å². The Morgan fingerprint density at radius 1 is 1.23 bits per heavy atom. The second-order valence-electron chi connectivity index (χ2n) is 7.97. The van der Waals surface area contributed by atoms with Gasteiger partial charge in [0.15, 0.2) is 11.0 Å². The highest BCUT2D eigenvalue weighted by Crippen LogP contribution is 2.36. The van der Waals surface area contributed by atoms with Gasteiger partial charge in [0.2, 0.25) is 0 Å². The van der Waals surface area contributed by atoms with Gasteiger partial charge in [0.1, 0.15) is 4.83 Å². The van der Waals surface area contributed by atoms with Gasteiger partial charge in [0.25, 0.3) is 5.56 Å². The van der Waals surface area contributed by atoms with Crippen LogP contribution in [0.25, 0.3) is 15.9 Å². The smallest absolute Gasteiger partial charge is 0.267 e. The van der Waals surface area contributed by atoms with Gasteiger partial charge in [0.05, 0.1) is 16.8 Å². The van der Waals surface area contributed by atoms with E-state index in [1.807, 2.05) is 23.7 Å². The zero-order chi connectivity index (χ0) is 21.5. The normalized spacial score (nSPS) is 13.3. The van der Waals surface area contributed by atoms with Crippen LogP contribution in [0.2, 0.25) is 0 Å². The highest BCUT2D eigenvalue weighted by molar-refractivity contribution is 7.98. The number of aromatic nitrogens is 6. The van der Waals surface area contributed by atoms with Crippen molar-refractivity contribution in [3.05, 3.63) is 55.9 Å². The van der Waals surface area contributed by atoms with E-state index < -0.39 is 0 Å². The van der Waals surface area contributed by atoms with Gasteiger partial charge in [-0.3, -0.25) is 9.36 Å². The summed E-state index contributed by atoms with van der Waals surface area (Å²) in [6.45, 7) is 6.99. The van der Waals surface area contributed by atoms with Crippen LogP contribution in [-0.2, 0) is 25.1 Å². The molecule has 0 fully saturated rings. The lowest BCUT2D eigenvalue weighted by Gasteiger charge is -2.15. The molecule has 0 bridgehead atoms. The molecule has 3 aromatic heterocycles. The monoisotopic (exact) mass is 452 g/mol. The molecular weight excluding hydrogens is 428 g/mol. The molecule has 1 aliphatic rings. The number of benzene rings is 1. The van der Waals surface area contributed by atoms with Crippen LogP contribution in [0.3, 0.4) is 0 Å². The topological polar surface area (TPSA) is 78.5 Å². The van der Waals surface area contributed by atoms with Crippen molar-refractivity contribution in [2.45, 2.75) is 63.9 Å². The third-order valence-corrected chi connectivity index (χ3v) is 7.79. The van der Waals surface area contributed by atoms with Gasteiger partial charge in [0, 0.05) is 11.4 Å². The van der Waals surface area contributed by atoms with Gasteiger partial charge in [-0.25, -0.2) is 9.67 Å². The summed E-state index contributed by atoms with van der Waals surface area (Å²) in [5, 5.41) is 13.6. The molecule has 0 aliphatic heterocycles. The molecule has 160 valence electrons. The highest BCUT2D eigenvalue weighted by Gasteiger charge is 2.24. The second kappa shape index (κ2) is 8.20. The Morgan fingerprint density at radius 3 is 2.90 bits per heavy atom. The Morgan fingerprint density at radius 2 is 2.10 bits per heavy atom. The van der Waals surface area contributed by atoms with Crippen molar-refractivity contribution in [2.24, 2.45) is 0 Å². The second-order valence-corrected chi connectivity index (χ2v) is 10.00. The Kier molecular flexibility index (Phi) is 5.39. The van der Waals surface area contributed by atoms with E-state index in [0.717, 1.165) is 59.5 Å². The molecule has 0 amide bonds. The summed E-state index contributed by atoms with van der Waals surface area (Å²) in [5.74, 6) is 1.35. The SMILES string of the molecule is CCCn1nnnc1CSc1nc2sc3c(c2c(=O)n1-c1ccc(C)cc1C)CCC3. The molecule has 5 rings (SSSR count). The molecule has 1 aromatic carbocycles. The number of thiophene rings is 1. The van der Waals surface area contributed by atoms with Crippen LogP contribution >= 0.6 is 23.1 Å². The minimum atomic E-state index is 0.0343. The zero-order valence-corrected chi connectivity index (χ0v) is 19.5. The molecule has 0 N–H and O–H groups in total. The van der Waals surface area contributed by atoms with Crippen LogP contribution in [0.1, 0.15) is 47.2 Å². The summed E-state index contributed by atoms with van der Waals surface area (Å²) in [5.41, 5.74) is 4.37. The standard InChI is InChI=1S/C22H24N6OS2/c1-4-10-27-18(24-25-26-27)12-30-22-23-20-19(15-6-5-7-17(15)31-20)21(29)28(22)16-9-8-13(2)11-14(16)3/h8-9,11H,4-7,10,12H2,1-3H3. The molecule has 0 radical (unpaired) electrons. The fourth-order valence-electron chi connectivity index (χ4n) is 4.23. The van der Waals surface area contributed by atoms with Gasteiger partial charge in [-0.2, -0.15) is 0 Å². The van der Waals surface area contributed by atoms with Crippen LogP contribution in [0.5, 0.6) is 0 Å². The first kappa shape index (κ1) is 20.4. The maximum absolute atomic E-state index is 13.8. The van der Waals surface area contributed by atoms with Crippen LogP contribution < -0.4 is 5.56 Å². The summed E-state index contributed by atoms with van der Waals surface area (Å²) in [6.07, 6.45) is 4.10. The first-order valence-corrected chi connectivity index (χ1v) is 12.4. The van der Waals surface area contributed by atoms with Gasteiger partial charge >= 0.3 is 0 Å². The number of hydrogen-bond donors (Lipinski definition) is 0. The quantitative estimate of drug-likeness (QED) is 0.322. The van der Waals surface area contributed by atoms with Crippen molar-refractivity contribution >= 4 is 33.3 Å². The minimum absolute atomic E-state index is 0.0343. The van der Waals surface area contributed by atoms with Crippen molar-refractivity contribution in [1.82, 2.24) is 29.8 Å². The van der Waals surface area contributed by atoms with Crippen molar-refractivity contribution < 1.29 is 0 Å². The lowest BCUT2D eigenvalue weighted by Crippen LogP contribution is -2.22. The van der Waals surface area contributed by atoms with E-state index in [1.54, 1.807) is 15.9 Å². The van der Waals surface area contributed by atoms with E-state index >= 15 is 0 Å². The molecule has 9 heteroatoms. The fraction of sp³-hybridized carbons (Fsp3) is 0.409. The number of rotatable bonds is 6. The molecular formula is C22H24N6OS2. The predicted molar refractivity (Wildman–Crippen MR) is 124 cm³/mol. The molecule has 4 aromatic rings. The van der Waals surface area contributed by atoms with E-state index in [2.05, 4.69) is 35.4 Å². The molecule has 0 saturated heterocycles. The first-order valence-electron chi connectivity index (χ1n) is 10.6. The van der Waals surface area contributed by atoms with Gasteiger partial charge in [-0.05, 0) is 67.2 Å². The van der Waals surface area contributed by atoms with Crippen LogP contribution in [0, 0.1) is 13.8 Å². The highest BCUT2D eigenvalue weighted by atomic mass is 32.2. The molecule has 7 nitrogen and oxygen atoms in total. The van der Waals surface area contributed by atoms with Crippen molar-refractivity contribution in [3.63, 3.8) is 0 Å². The van der Waals surface area contributed by atoms with Gasteiger partial charge in [-0.1, -0.05) is 36.4 Å². The largest absolute Gasteiger partial charge is 0.268 e. The number of nitrogens with zero attached hydrogens (tertiary/aromatic N) is 6. The predicted octanol–water partition coefficient (Wildman–Crippen LogP) is 4.24. The summed E-state index contributed by atoms with van der Waals surface area (Å²) in [6, 6.07) is 6.19. The molecule has 0 atom stereocenters. The zero-order valence-electron chi connectivity index (χ0n) is 17.9. The van der Waals surface area contributed by atoms with Crippen molar-refractivity contribution in [2.75, 3.05) is 0 Å². The lowest BCUT2D eigenvalue weighted by molar-refractivity contribution is 0.564. The lowest BCUT2D eigenvalue weighted by atomic mass is 10.1. The Balaban J connectivity index is 1.65. The third-order valence-electron chi connectivity index (χ3n) is 5.67. The Bertz CT molecular complexity index is 1340. The van der Waals surface area contributed by atoms with E-state index in [4.69, 9.17) is 4.98 Å². The summed E-state index contributed by atoms with van der Waals surface area (Å²) in [4.78, 5) is 21.0. The van der Waals surface area contributed by atoms with Gasteiger partial charge in [-0.15, -0.1) is 16.4 Å². The van der Waals surface area contributed by atoms with Crippen LogP contribution in [0.15, 0.2) is 28.2 Å². The van der Waals surface area contributed by atoms with E-state index in [9.17, 15) is 4.79 Å². The molecule has 0 spiro atoms. The number of thioether (sulfide) groups is 1. The fourth-order valence-corrected chi connectivity index (χ4v) is 6.47. The molecule has 31 heavy (non-hydrogen) atoms. The van der Waals surface area contributed by atoms with Gasteiger partial charge < -0.3 is 0 Å². The van der Waals surface area contributed by atoms with E-state index in [-0.39, 0.29) is 5.56 Å². The minimum Gasteiger partial charge on any atom is -0.268 e. The maximum Gasteiger partial charge on any atom is 0.267 e. The summed E-state index contributed by atoms with van der Waals surface area (Å²) < 4.78 is 3.62.